The number of methoxy groups -OCH3 is 2. The molecule has 0 aliphatic heterocycles. The molecule has 7 nitrogen and oxygen atoms in total. The van der Waals surface area contributed by atoms with E-state index in [1.54, 1.807) is 7.11 Å². The summed E-state index contributed by atoms with van der Waals surface area (Å²) in [7, 11) is 5.10. The Balaban J connectivity index is 2.81. The lowest BCUT2D eigenvalue weighted by Crippen LogP contribution is -2.25. The van der Waals surface area contributed by atoms with Gasteiger partial charge in [0.2, 0.25) is 11.9 Å². The molecular formula is C11H21N5O2. The van der Waals surface area contributed by atoms with Gasteiger partial charge in [0.15, 0.2) is 0 Å². The molecule has 0 bridgehead atoms. The second-order valence-corrected chi connectivity index (χ2v) is 3.79. The predicted molar refractivity (Wildman–Crippen MR) is 70.3 cm³/mol. The summed E-state index contributed by atoms with van der Waals surface area (Å²) in [5, 5.41) is 3.12. The first-order valence-electron chi connectivity index (χ1n) is 5.95. The minimum Gasteiger partial charge on any atom is -0.467 e. The van der Waals surface area contributed by atoms with E-state index >= 15 is 0 Å². The van der Waals surface area contributed by atoms with Gasteiger partial charge in [-0.2, -0.15) is 15.0 Å². The quantitative estimate of drug-likeness (QED) is 0.736. The normalized spacial score (nSPS) is 10.2. The van der Waals surface area contributed by atoms with E-state index in [9.17, 15) is 0 Å². The largest absolute Gasteiger partial charge is 0.467 e. The molecule has 1 aromatic heterocycles. The Labute approximate surface area is 108 Å². The van der Waals surface area contributed by atoms with Crippen molar-refractivity contribution in [3.05, 3.63) is 0 Å². The van der Waals surface area contributed by atoms with Gasteiger partial charge in [-0.1, -0.05) is 6.92 Å². The van der Waals surface area contributed by atoms with Crippen molar-refractivity contribution in [2.24, 2.45) is 0 Å². The molecule has 0 unspecified atom stereocenters. The van der Waals surface area contributed by atoms with Crippen molar-refractivity contribution >= 4 is 11.9 Å². The number of ether oxygens (including phenoxy) is 2. The van der Waals surface area contributed by atoms with Crippen molar-refractivity contribution in [1.29, 1.82) is 0 Å². The molecule has 0 spiro atoms. The molecule has 1 N–H and O–H groups in total. The van der Waals surface area contributed by atoms with Gasteiger partial charge in [-0.15, -0.1) is 0 Å². The van der Waals surface area contributed by atoms with E-state index in [-0.39, 0.29) is 0 Å². The fraction of sp³-hybridized carbons (Fsp3) is 0.727. The molecule has 102 valence electrons. The topological polar surface area (TPSA) is 72.4 Å². The van der Waals surface area contributed by atoms with E-state index in [0.29, 0.717) is 31.1 Å². The molecule has 0 amide bonds. The minimum atomic E-state index is 0.308. The first-order valence-corrected chi connectivity index (χ1v) is 5.95. The molecule has 0 atom stereocenters. The van der Waals surface area contributed by atoms with Crippen LogP contribution in [0.3, 0.4) is 0 Å². The van der Waals surface area contributed by atoms with E-state index in [2.05, 4.69) is 27.2 Å². The van der Waals surface area contributed by atoms with Crippen molar-refractivity contribution in [1.82, 2.24) is 15.0 Å². The molecule has 0 saturated heterocycles. The Morgan fingerprint density at radius 2 is 2.00 bits per heavy atom. The van der Waals surface area contributed by atoms with Crippen LogP contribution in [0.5, 0.6) is 6.01 Å². The van der Waals surface area contributed by atoms with Crippen molar-refractivity contribution in [3.63, 3.8) is 0 Å². The minimum absolute atomic E-state index is 0.308. The highest BCUT2D eigenvalue weighted by Gasteiger charge is 2.10. The van der Waals surface area contributed by atoms with E-state index in [1.165, 1.54) is 7.11 Å². The van der Waals surface area contributed by atoms with E-state index < -0.39 is 0 Å². The maximum atomic E-state index is 5.07. The zero-order valence-electron chi connectivity index (χ0n) is 11.4. The molecular weight excluding hydrogens is 234 g/mol. The summed E-state index contributed by atoms with van der Waals surface area (Å²) < 4.78 is 10.1. The monoisotopic (exact) mass is 255 g/mol. The summed E-state index contributed by atoms with van der Waals surface area (Å²) in [5.74, 6) is 1.10. The SMILES string of the molecule is CCCNc1nc(OC)nc(N(C)CCOC)n1. The smallest absolute Gasteiger partial charge is 0.322 e. The number of hydrogen-bond acceptors (Lipinski definition) is 7. The number of nitrogens with zero attached hydrogens (tertiary/aromatic N) is 4. The van der Waals surface area contributed by atoms with Crippen LogP contribution in [-0.2, 0) is 4.74 Å². The van der Waals surface area contributed by atoms with Crippen LogP contribution >= 0.6 is 0 Å². The van der Waals surface area contributed by atoms with Crippen LogP contribution in [0.4, 0.5) is 11.9 Å². The average molecular weight is 255 g/mol. The molecule has 1 heterocycles. The molecule has 18 heavy (non-hydrogen) atoms. The van der Waals surface area contributed by atoms with Crippen molar-refractivity contribution in [2.75, 3.05) is 51.2 Å². The van der Waals surface area contributed by atoms with E-state index in [0.717, 1.165) is 13.0 Å². The van der Waals surface area contributed by atoms with Crippen LogP contribution < -0.4 is 15.0 Å². The Morgan fingerprint density at radius 1 is 1.22 bits per heavy atom. The molecule has 7 heteroatoms. The van der Waals surface area contributed by atoms with E-state index in [1.807, 2.05) is 11.9 Å². The highest BCUT2D eigenvalue weighted by atomic mass is 16.5. The first kappa shape index (κ1) is 14.4. The zero-order chi connectivity index (χ0) is 13.4. The van der Waals surface area contributed by atoms with Crippen LogP contribution in [0, 0.1) is 0 Å². The first-order chi connectivity index (χ1) is 8.71. The maximum absolute atomic E-state index is 5.07. The van der Waals surface area contributed by atoms with Gasteiger partial charge in [-0.3, -0.25) is 0 Å². The van der Waals surface area contributed by atoms with Crippen LogP contribution in [0.25, 0.3) is 0 Å². The third kappa shape index (κ3) is 4.33. The summed E-state index contributed by atoms with van der Waals surface area (Å²) in [6.07, 6.45) is 1.00. The van der Waals surface area contributed by atoms with Gasteiger partial charge >= 0.3 is 6.01 Å². The zero-order valence-corrected chi connectivity index (χ0v) is 11.4. The fourth-order valence-corrected chi connectivity index (χ4v) is 1.25. The average Bonchev–Trinajstić information content (AvgIpc) is 2.41. The van der Waals surface area contributed by atoms with Gasteiger partial charge in [0.1, 0.15) is 0 Å². The molecule has 0 fully saturated rings. The highest BCUT2D eigenvalue weighted by Crippen LogP contribution is 2.13. The summed E-state index contributed by atoms with van der Waals surface area (Å²) >= 11 is 0. The lowest BCUT2D eigenvalue weighted by Gasteiger charge is -2.17. The second kappa shape index (κ2) is 7.65. The molecule has 0 saturated carbocycles. The summed E-state index contributed by atoms with van der Waals surface area (Å²) in [6, 6.07) is 0.308. The third-order valence-electron chi connectivity index (χ3n) is 2.29. The number of rotatable bonds is 8. The molecule has 1 rings (SSSR count). The number of anilines is 2. The van der Waals surface area contributed by atoms with Crippen LogP contribution in [-0.4, -0.2) is 55.9 Å². The standard InChI is InChI=1S/C11H21N5O2/c1-5-6-12-9-13-10(15-11(14-9)18-4)16(2)7-8-17-3/h5-8H2,1-4H3,(H,12,13,14,15). The Bertz CT molecular complexity index is 361. The second-order valence-electron chi connectivity index (χ2n) is 3.79. The molecule has 0 aliphatic rings. The summed E-state index contributed by atoms with van der Waals surface area (Å²) in [4.78, 5) is 14.6. The predicted octanol–water partition coefficient (Wildman–Crippen LogP) is 0.785. The van der Waals surface area contributed by atoms with Crippen molar-refractivity contribution in [2.45, 2.75) is 13.3 Å². The van der Waals surface area contributed by atoms with E-state index in [4.69, 9.17) is 9.47 Å². The number of aromatic nitrogens is 3. The Hall–Kier alpha value is -1.63. The maximum Gasteiger partial charge on any atom is 0.322 e. The number of likely N-dealkylation sites (N-methyl/N-ethyl adjacent to an activating group) is 1. The molecule has 1 aromatic rings. The lowest BCUT2D eigenvalue weighted by atomic mass is 10.5. The fourth-order valence-electron chi connectivity index (χ4n) is 1.25. The Morgan fingerprint density at radius 3 is 2.61 bits per heavy atom. The summed E-state index contributed by atoms with van der Waals surface area (Å²) in [5.41, 5.74) is 0. The van der Waals surface area contributed by atoms with Crippen molar-refractivity contribution in [3.8, 4) is 6.01 Å². The van der Waals surface area contributed by atoms with Crippen molar-refractivity contribution < 1.29 is 9.47 Å². The molecule has 0 aliphatic carbocycles. The van der Waals surface area contributed by atoms with Crippen LogP contribution in [0.2, 0.25) is 0 Å². The Kier molecular flexibility index (Phi) is 6.13. The highest BCUT2D eigenvalue weighted by molar-refractivity contribution is 5.37. The van der Waals surface area contributed by atoms with Crippen LogP contribution in [0.15, 0.2) is 0 Å². The van der Waals surface area contributed by atoms with Gasteiger partial charge in [0, 0.05) is 27.2 Å². The molecule has 0 radical (unpaired) electrons. The van der Waals surface area contributed by atoms with Gasteiger partial charge < -0.3 is 19.7 Å². The summed E-state index contributed by atoms with van der Waals surface area (Å²) in [6.45, 7) is 4.21. The van der Waals surface area contributed by atoms with Gasteiger partial charge in [0.05, 0.1) is 13.7 Å². The lowest BCUT2D eigenvalue weighted by molar-refractivity contribution is 0.206. The number of nitrogens with one attached hydrogen (secondary N) is 1. The van der Waals surface area contributed by atoms with Crippen LogP contribution in [0.1, 0.15) is 13.3 Å². The van der Waals surface area contributed by atoms with Gasteiger partial charge in [-0.05, 0) is 6.42 Å². The van der Waals surface area contributed by atoms with Gasteiger partial charge in [0.25, 0.3) is 0 Å². The van der Waals surface area contributed by atoms with Gasteiger partial charge in [-0.25, -0.2) is 0 Å². The molecule has 0 aromatic carbocycles. The number of hydrogen-bond donors (Lipinski definition) is 1. The third-order valence-corrected chi connectivity index (χ3v) is 2.29.